The molecule has 0 bridgehead atoms. The minimum atomic E-state index is 0. The Labute approximate surface area is 137 Å². The van der Waals surface area contributed by atoms with Crippen molar-refractivity contribution in [3.63, 3.8) is 0 Å². The number of hydrogen-bond acceptors (Lipinski definition) is 2. The van der Waals surface area contributed by atoms with E-state index < -0.39 is 0 Å². The fourth-order valence-electron chi connectivity index (χ4n) is 1.81. The highest BCUT2D eigenvalue weighted by Gasteiger charge is 1.97. The molecule has 0 spiro atoms. The lowest BCUT2D eigenvalue weighted by atomic mass is 10.2. The molecule has 2 N–H and O–H groups in total. The van der Waals surface area contributed by atoms with Crippen molar-refractivity contribution < 1.29 is 0 Å². The Morgan fingerprint density at radius 2 is 1.90 bits per heavy atom. The van der Waals surface area contributed by atoms with Crippen molar-refractivity contribution in [3.05, 3.63) is 52.6 Å². The van der Waals surface area contributed by atoms with E-state index in [1.807, 2.05) is 37.4 Å². The van der Waals surface area contributed by atoms with E-state index in [0.29, 0.717) is 0 Å². The van der Waals surface area contributed by atoms with Crippen molar-refractivity contribution >= 4 is 36.4 Å². The van der Waals surface area contributed by atoms with Gasteiger partial charge in [-0.05, 0) is 37.6 Å². The summed E-state index contributed by atoms with van der Waals surface area (Å²) >= 11 is 5.83. The van der Waals surface area contributed by atoms with Gasteiger partial charge < -0.3 is 10.3 Å². The summed E-state index contributed by atoms with van der Waals surface area (Å²) < 4.78 is 0. The Bertz CT molecular complexity index is 483. The van der Waals surface area contributed by atoms with Gasteiger partial charge in [-0.3, -0.25) is 0 Å². The topological polar surface area (TPSA) is 40.7 Å². The molecule has 2 rings (SSSR count). The zero-order chi connectivity index (χ0) is 12.8. The van der Waals surface area contributed by atoms with Crippen molar-refractivity contribution in [1.82, 2.24) is 15.3 Å². The predicted molar refractivity (Wildman–Crippen MR) is 89.3 cm³/mol. The van der Waals surface area contributed by atoms with Gasteiger partial charge in [-0.2, -0.15) is 0 Å². The lowest BCUT2D eigenvalue weighted by molar-refractivity contribution is 0.641. The van der Waals surface area contributed by atoms with Gasteiger partial charge in [-0.15, -0.1) is 24.8 Å². The van der Waals surface area contributed by atoms with Crippen LogP contribution >= 0.6 is 36.4 Å². The maximum Gasteiger partial charge on any atom is 0.106 e. The summed E-state index contributed by atoms with van der Waals surface area (Å²) in [5.74, 6) is 1.07. The van der Waals surface area contributed by atoms with E-state index in [4.69, 9.17) is 11.6 Å². The molecule has 0 fully saturated rings. The van der Waals surface area contributed by atoms with Crippen LogP contribution in [-0.4, -0.2) is 16.5 Å². The molecule has 1 aromatic carbocycles. The van der Waals surface area contributed by atoms with Gasteiger partial charge in [0, 0.05) is 24.2 Å². The Morgan fingerprint density at radius 1 is 1.20 bits per heavy atom. The lowest BCUT2D eigenvalue weighted by Crippen LogP contribution is -2.15. The van der Waals surface area contributed by atoms with Crippen LogP contribution in [0.4, 0.5) is 0 Å². The summed E-state index contributed by atoms with van der Waals surface area (Å²) in [6, 6.07) is 7.94. The molecule has 0 aliphatic carbocycles. The largest absolute Gasteiger partial charge is 0.348 e. The van der Waals surface area contributed by atoms with Crippen LogP contribution in [-0.2, 0) is 13.0 Å². The van der Waals surface area contributed by atoms with E-state index in [1.54, 1.807) is 0 Å². The van der Waals surface area contributed by atoms with Crippen LogP contribution in [0.2, 0.25) is 5.02 Å². The molecule has 0 atom stereocenters. The summed E-state index contributed by atoms with van der Waals surface area (Å²) in [7, 11) is 0. The van der Waals surface area contributed by atoms with Crippen LogP contribution in [0.3, 0.4) is 0 Å². The molecule has 1 aromatic heterocycles. The van der Waals surface area contributed by atoms with Crippen molar-refractivity contribution in [2.45, 2.75) is 26.3 Å². The fraction of sp³-hybridized carbons (Fsp3) is 0.357. The third kappa shape index (κ3) is 6.62. The minimum absolute atomic E-state index is 0. The number of nitrogens with zero attached hydrogens (tertiary/aromatic N) is 1. The van der Waals surface area contributed by atoms with Crippen LogP contribution in [0.1, 0.15) is 23.5 Å². The maximum atomic E-state index is 5.83. The molecular formula is C14H20Cl3N3. The summed E-state index contributed by atoms with van der Waals surface area (Å²) in [6.45, 7) is 3.87. The van der Waals surface area contributed by atoms with Gasteiger partial charge in [0.25, 0.3) is 0 Å². The molecule has 3 nitrogen and oxygen atoms in total. The summed E-state index contributed by atoms with van der Waals surface area (Å²) in [5, 5.41) is 4.20. The van der Waals surface area contributed by atoms with E-state index in [2.05, 4.69) is 15.3 Å². The number of aromatic nitrogens is 2. The first kappa shape index (κ1) is 19.3. The first-order chi connectivity index (χ1) is 8.74. The van der Waals surface area contributed by atoms with Crippen molar-refractivity contribution in [3.8, 4) is 0 Å². The monoisotopic (exact) mass is 335 g/mol. The molecular weight excluding hydrogens is 317 g/mol. The summed E-state index contributed by atoms with van der Waals surface area (Å²) in [5.41, 5.74) is 2.31. The minimum Gasteiger partial charge on any atom is -0.348 e. The summed E-state index contributed by atoms with van der Waals surface area (Å²) in [6.07, 6.45) is 4.01. The lowest BCUT2D eigenvalue weighted by Gasteiger charge is -2.04. The molecule has 6 heteroatoms. The standard InChI is InChI=1S/C14H18ClN3.2ClH/c1-11-9-17-14(18-11)3-2-8-16-10-12-4-6-13(15)7-5-12;;/h4-7,9,16H,2-3,8,10H2,1H3,(H,17,18);2*1H. The molecule has 20 heavy (non-hydrogen) atoms. The highest BCUT2D eigenvalue weighted by molar-refractivity contribution is 6.30. The predicted octanol–water partition coefficient (Wildman–Crippen LogP) is 3.94. The van der Waals surface area contributed by atoms with Gasteiger partial charge in [-0.1, -0.05) is 23.7 Å². The van der Waals surface area contributed by atoms with Crippen LogP contribution in [0.25, 0.3) is 0 Å². The molecule has 1 heterocycles. The number of hydrogen-bond donors (Lipinski definition) is 2. The first-order valence-corrected chi connectivity index (χ1v) is 6.58. The van der Waals surface area contributed by atoms with Crippen LogP contribution in [0.5, 0.6) is 0 Å². The highest BCUT2D eigenvalue weighted by atomic mass is 35.5. The zero-order valence-electron chi connectivity index (χ0n) is 11.4. The number of benzene rings is 1. The second kappa shape index (κ2) is 10.1. The van der Waals surface area contributed by atoms with Crippen molar-refractivity contribution in [2.24, 2.45) is 0 Å². The zero-order valence-corrected chi connectivity index (χ0v) is 13.7. The van der Waals surface area contributed by atoms with Crippen LogP contribution < -0.4 is 5.32 Å². The van der Waals surface area contributed by atoms with Crippen LogP contribution in [0, 0.1) is 6.92 Å². The second-order valence-electron chi connectivity index (χ2n) is 4.40. The Kier molecular flexibility index (Phi) is 9.68. The maximum absolute atomic E-state index is 5.83. The molecule has 0 saturated carbocycles. The Morgan fingerprint density at radius 3 is 2.50 bits per heavy atom. The van der Waals surface area contributed by atoms with E-state index in [-0.39, 0.29) is 24.8 Å². The molecule has 0 aliphatic rings. The van der Waals surface area contributed by atoms with E-state index >= 15 is 0 Å². The molecule has 112 valence electrons. The third-order valence-electron chi connectivity index (χ3n) is 2.77. The molecule has 0 unspecified atom stereocenters. The number of H-pyrrole nitrogens is 1. The van der Waals surface area contributed by atoms with Gasteiger partial charge in [0.2, 0.25) is 0 Å². The van der Waals surface area contributed by atoms with Gasteiger partial charge in [0.15, 0.2) is 0 Å². The van der Waals surface area contributed by atoms with Crippen molar-refractivity contribution in [2.75, 3.05) is 6.54 Å². The SMILES string of the molecule is Cc1c[nH]c(CCCNCc2ccc(Cl)cc2)n1.Cl.Cl. The fourth-order valence-corrected chi connectivity index (χ4v) is 1.94. The average Bonchev–Trinajstić information content (AvgIpc) is 2.77. The van der Waals surface area contributed by atoms with Gasteiger partial charge >= 0.3 is 0 Å². The number of nitrogens with one attached hydrogen (secondary N) is 2. The highest BCUT2D eigenvalue weighted by Crippen LogP contribution is 2.09. The second-order valence-corrected chi connectivity index (χ2v) is 4.83. The van der Waals surface area contributed by atoms with Gasteiger partial charge in [-0.25, -0.2) is 4.98 Å². The molecule has 0 amide bonds. The summed E-state index contributed by atoms with van der Waals surface area (Å²) in [4.78, 5) is 7.54. The number of aromatic amines is 1. The Hall–Kier alpha value is -0.740. The molecule has 0 saturated heterocycles. The van der Waals surface area contributed by atoms with Gasteiger partial charge in [0.05, 0.1) is 5.69 Å². The van der Waals surface area contributed by atoms with E-state index in [1.165, 1.54) is 5.56 Å². The van der Waals surface area contributed by atoms with E-state index in [0.717, 1.165) is 42.5 Å². The van der Waals surface area contributed by atoms with Crippen LogP contribution in [0.15, 0.2) is 30.5 Å². The first-order valence-electron chi connectivity index (χ1n) is 6.20. The molecule has 0 radical (unpaired) electrons. The number of imidazole rings is 1. The third-order valence-corrected chi connectivity index (χ3v) is 3.02. The quantitative estimate of drug-likeness (QED) is 0.785. The van der Waals surface area contributed by atoms with E-state index in [9.17, 15) is 0 Å². The average molecular weight is 337 g/mol. The molecule has 2 aromatic rings. The normalized spacial score (nSPS) is 9.70. The molecule has 0 aliphatic heterocycles. The van der Waals surface area contributed by atoms with Gasteiger partial charge in [0.1, 0.15) is 5.82 Å². The number of halogens is 3. The van der Waals surface area contributed by atoms with Crippen molar-refractivity contribution in [1.29, 1.82) is 0 Å². The number of aryl methyl sites for hydroxylation is 2. The Balaban J connectivity index is 0.00000180. The number of rotatable bonds is 6. The smallest absolute Gasteiger partial charge is 0.106 e.